The highest BCUT2D eigenvalue weighted by atomic mass is 32.2. The highest BCUT2D eigenvalue weighted by Gasteiger charge is 2.50. The van der Waals surface area contributed by atoms with Crippen LogP contribution in [-0.2, 0) is 5.41 Å². The molecule has 1 unspecified atom stereocenters. The van der Waals surface area contributed by atoms with Gasteiger partial charge in [0.2, 0.25) is 0 Å². The third-order valence-corrected chi connectivity index (χ3v) is 11.6. The van der Waals surface area contributed by atoms with Crippen molar-refractivity contribution >= 4 is 23.4 Å². The van der Waals surface area contributed by atoms with E-state index in [1.54, 1.807) is 0 Å². The highest BCUT2D eigenvalue weighted by molar-refractivity contribution is 7.99. The summed E-state index contributed by atoms with van der Waals surface area (Å²) in [7, 11) is 0. The Hall–Kier alpha value is -6.48. The Morgan fingerprint density at radius 3 is 1.87 bits per heavy atom. The Labute approximate surface area is 306 Å². The molecule has 0 radical (unpaired) electrons. The number of rotatable bonds is 4. The topological polar surface area (TPSA) is 60.5 Å². The predicted molar refractivity (Wildman–Crippen MR) is 210 cm³/mol. The average molecular weight is 683 g/mol. The van der Waals surface area contributed by atoms with Gasteiger partial charge < -0.3 is 5.32 Å². The van der Waals surface area contributed by atoms with Crippen LogP contribution in [0.5, 0.6) is 0 Å². The van der Waals surface area contributed by atoms with Crippen molar-refractivity contribution in [1.82, 2.24) is 5.32 Å². The van der Waals surface area contributed by atoms with Gasteiger partial charge in [0.1, 0.15) is 12.0 Å². The molecule has 0 saturated carbocycles. The summed E-state index contributed by atoms with van der Waals surface area (Å²) in [6.07, 6.45) is -0.299. The second kappa shape index (κ2) is 12.1. The standard InChI is InChI=1S/C47H30N4S/c48-29-35-16-11-19-39-43(35)36-27-26-34(28-40(36)47(39)37-17-7-9-20-41(37)52-42-21-10-8-18-38(42)47)30-22-24-33(25-23-30)46-50-44(31-12-3-1-4-13-31)49-45(51-46)32-14-5-2-6-15-32/h1-28,46H,(H,49,50,51). The Morgan fingerprint density at radius 1 is 0.558 bits per heavy atom. The molecule has 244 valence electrons. The molecular weight excluding hydrogens is 653 g/mol. The molecule has 1 aliphatic carbocycles. The molecule has 5 heteroatoms. The molecular formula is C47H30N4S. The van der Waals surface area contributed by atoms with Crippen molar-refractivity contribution in [3.63, 3.8) is 0 Å². The Balaban J connectivity index is 1.10. The van der Waals surface area contributed by atoms with Crippen LogP contribution in [0.1, 0.15) is 50.7 Å². The monoisotopic (exact) mass is 682 g/mol. The number of hydrogen-bond acceptors (Lipinski definition) is 5. The minimum absolute atomic E-state index is 0.299. The molecule has 2 heterocycles. The van der Waals surface area contributed by atoms with Crippen LogP contribution < -0.4 is 5.32 Å². The number of fused-ring (bicyclic) bond motifs is 9. The Morgan fingerprint density at radius 2 is 1.17 bits per heavy atom. The summed E-state index contributed by atoms with van der Waals surface area (Å²) in [5, 5.41) is 13.9. The molecule has 3 aliphatic rings. The number of aliphatic imine (C=N–C) groups is 2. The van der Waals surface area contributed by atoms with Gasteiger partial charge in [-0.3, -0.25) is 0 Å². The molecule has 0 saturated heterocycles. The van der Waals surface area contributed by atoms with Crippen molar-refractivity contribution in [1.29, 1.82) is 5.26 Å². The molecule has 7 aromatic rings. The number of benzene rings is 7. The number of nitrogens with zero attached hydrogens (tertiary/aromatic N) is 3. The maximum absolute atomic E-state index is 10.4. The first-order valence-electron chi connectivity index (χ1n) is 17.4. The second-order valence-electron chi connectivity index (χ2n) is 13.3. The largest absolute Gasteiger partial charge is 0.344 e. The van der Waals surface area contributed by atoms with Crippen molar-refractivity contribution < 1.29 is 0 Å². The van der Waals surface area contributed by atoms with Gasteiger partial charge >= 0.3 is 0 Å². The molecule has 0 aromatic heterocycles. The molecule has 52 heavy (non-hydrogen) atoms. The molecule has 0 amide bonds. The normalized spacial score (nSPS) is 15.9. The van der Waals surface area contributed by atoms with Gasteiger partial charge in [-0.25, -0.2) is 9.98 Å². The molecule has 10 rings (SSSR count). The quantitative estimate of drug-likeness (QED) is 0.201. The van der Waals surface area contributed by atoms with Crippen LogP contribution in [0, 0.1) is 11.3 Å². The fourth-order valence-electron chi connectivity index (χ4n) is 8.16. The van der Waals surface area contributed by atoms with Gasteiger partial charge in [0.15, 0.2) is 5.84 Å². The van der Waals surface area contributed by atoms with Crippen LogP contribution in [-0.4, -0.2) is 11.7 Å². The van der Waals surface area contributed by atoms with Gasteiger partial charge in [-0.2, -0.15) is 5.26 Å². The lowest BCUT2D eigenvalue weighted by Crippen LogP contribution is -2.33. The first kappa shape index (κ1) is 30.4. The summed E-state index contributed by atoms with van der Waals surface area (Å²) in [4.78, 5) is 12.5. The van der Waals surface area contributed by atoms with Gasteiger partial charge in [0.25, 0.3) is 0 Å². The van der Waals surface area contributed by atoms with Crippen molar-refractivity contribution in [3.05, 3.63) is 214 Å². The summed E-state index contributed by atoms with van der Waals surface area (Å²) >= 11 is 1.83. The summed E-state index contributed by atoms with van der Waals surface area (Å²) < 4.78 is 0. The fraction of sp³-hybridized carbons (Fsp3) is 0.0426. The molecule has 7 aromatic carbocycles. The summed E-state index contributed by atoms with van der Waals surface area (Å²) in [6.45, 7) is 0. The lowest BCUT2D eigenvalue weighted by Gasteiger charge is -2.39. The highest BCUT2D eigenvalue weighted by Crippen LogP contribution is 2.62. The fourth-order valence-corrected chi connectivity index (χ4v) is 9.35. The van der Waals surface area contributed by atoms with Gasteiger partial charge in [0, 0.05) is 26.5 Å². The summed E-state index contributed by atoms with van der Waals surface area (Å²) in [5.41, 5.74) is 12.5. The zero-order valence-corrected chi connectivity index (χ0v) is 28.8. The van der Waals surface area contributed by atoms with Gasteiger partial charge in [-0.1, -0.05) is 157 Å². The summed E-state index contributed by atoms with van der Waals surface area (Å²) in [5.74, 6) is 1.51. The van der Waals surface area contributed by atoms with Crippen molar-refractivity contribution in [2.24, 2.45) is 9.98 Å². The van der Waals surface area contributed by atoms with Gasteiger partial charge in [0.05, 0.1) is 17.0 Å². The number of hydrogen-bond donors (Lipinski definition) is 1. The second-order valence-corrected chi connectivity index (χ2v) is 14.3. The van der Waals surface area contributed by atoms with Crippen LogP contribution in [0.3, 0.4) is 0 Å². The van der Waals surface area contributed by atoms with E-state index in [-0.39, 0.29) is 6.17 Å². The van der Waals surface area contributed by atoms with E-state index >= 15 is 0 Å². The minimum atomic E-state index is -0.548. The third-order valence-electron chi connectivity index (χ3n) is 10.5. The molecule has 1 N–H and O–H groups in total. The minimum Gasteiger partial charge on any atom is -0.344 e. The molecule has 0 fully saturated rings. The SMILES string of the molecule is N#Cc1cccc2c1-c1ccc(-c3ccc(C4N=C(c5ccccc5)N=C(c5ccccc5)N4)cc3)cc1C21c2ccccc2Sc2ccccc21. The van der Waals surface area contributed by atoms with E-state index in [1.807, 2.05) is 60.3 Å². The third kappa shape index (κ3) is 4.62. The van der Waals surface area contributed by atoms with Gasteiger partial charge in [-0.05, 0) is 68.8 Å². The van der Waals surface area contributed by atoms with E-state index in [2.05, 4.69) is 133 Å². The number of amidine groups is 2. The lowest BCUT2D eigenvalue weighted by atomic mass is 9.67. The maximum Gasteiger partial charge on any atom is 0.159 e. The molecule has 2 aliphatic heterocycles. The number of nitrogens with one attached hydrogen (secondary N) is 1. The van der Waals surface area contributed by atoms with Gasteiger partial charge in [-0.15, -0.1) is 0 Å². The molecule has 1 atom stereocenters. The van der Waals surface area contributed by atoms with Crippen molar-refractivity contribution in [2.75, 3.05) is 0 Å². The van der Waals surface area contributed by atoms with E-state index in [9.17, 15) is 5.26 Å². The van der Waals surface area contributed by atoms with Crippen LogP contribution >= 0.6 is 11.8 Å². The number of nitriles is 1. The average Bonchev–Trinajstić information content (AvgIpc) is 3.51. The molecule has 1 spiro atoms. The lowest BCUT2D eigenvalue weighted by molar-refractivity contribution is 0.674. The van der Waals surface area contributed by atoms with E-state index in [0.29, 0.717) is 11.4 Å². The van der Waals surface area contributed by atoms with E-state index in [0.717, 1.165) is 44.8 Å². The zero-order valence-electron chi connectivity index (χ0n) is 28.0. The van der Waals surface area contributed by atoms with Crippen LogP contribution in [0.2, 0.25) is 0 Å². The molecule has 4 nitrogen and oxygen atoms in total. The predicted octanol–water partition coefficient (Wildman–Crippen LogP) is 10.5. The van der Waals surface area contributed by atoms with Crippen molar-refractivity contribution in [3.8, 4) is 28.3 Å². The zero-order chi connectivity index (χ0) is 34.6. The smallest absolute Gasteiger partial charge is 0.159 e. The first-order valence-corrected chi connectivity index (χ1v) is 18.2. The Kier molecular flexibility index (Phi) is 7.06. The Bertz CT molecular complexity index is 2590. The first-order chi connectivity index (χ1) is 25.7. The summed E-state index contributed by atoms with van der Waals surface area (Å²) in [6, 6.07) is 62.1. The van der Waals surface area contributed by atoms with E-state index < -0.39 is 5.41 Å². The van der Waals surface area contributed by atoms with E-state index in [4.69, 9.17) is 9.98 Å². The maximum atomic E-state index is 10.4. The van der Waals surface area contributed by atoms with E-state index in [1.165, 1.54) is 32.0 Å². The molecule has 0 bridgehead atoms. The van der Waals surface area contributed by atoms with Crippen LogP contribution in [0.4, 0.5) is 0 Å². The van der Waals surface area contributed by atoms with Crippen LogP contribution in [0.25, 0.3) is 22.3 Å². The van der Waals surface area contributed by atoms with Crippen LogP contribution in [0.15, 0.2) is 190 Å². The van der Waals surface area contributed by atoms with Crippen molar-refractivity contribution in [2.45, 2.75) is 21.4 Å².